The second kappa shape index (κ2) is 4.78. The van der Waals surface area contributed by atoms with E-state index in [4.69, 9.17) is 9.47 Å². The Balaban J connectivity index is 1.70. The maximum absolute atomic E-state index is 9.28. The first-order valence-corrected chi connectivity index (χ1v) is 6.51. The van der Waals surface area contributed by atoms with Crippen LogP contribution in [0, 0.1) is 5.92 Å². The van der Waals surface area contributed by atoms with E-state index in [9.17, 15) is 5.11 Å². The van der Waals surface area contributed by atoms with Crippen LogP contribution in [0.4, 0.5) is 0 Å². The topological polar surface area (TPSA) is 41.9 Å². The smallest absolute Gasteiger partial charge is 0.231 e. The summed E-state index contributed by atoms with van der Waals surface area (Å²) in [5, 5.41) is 9.28. The van der Waals surface area contributed by atoms with Crippen LogP contribution < -0.4 is 9.47 Å². The molecule has 1 aromatic rings. The van der Waals surface area contributed by atoms with Crippen LogP contribution in [0.2, 0.25) is 0 Å². The summed E-state index contributed by atoms with van der Waals surface area (Å²) in [6.45, 7) is 4.78. The fraction of sp³-hybridized carbons (Fsp3) is 0.571. The van der Waals surface area contributed by atoms with Gasteiger partial charge < -0.3 is 14.6 Å². The fourth-order valence-corrected chi connectivity index (χ4v) is 2.82. The average Bonchev–Trinajstić information content (AvgIpc) is 2.97. The molecule has 0 aliphatic carbocycles. The monoisotopic (exact) mass is 249 g/mol. The van der Waals surface area contributed by atoms with Crippen molar-refractivity contribution in [3.05, 3.63) is 23.8 Å². The quantitative estimate of drug-likeness (QED) is 0.884. The van der Waals surface area contributed by atoms with Crippen molar-refractivity contribution in [2.45, 2.75) is 25.9 Å². The lowest BCUT2D eigenvalue weighted by atomic mass is 10.0. The molecule has 98 valence electrons. The van der Waals surface area contributed by atoms with E-state index in [0.29, 0.717) is 25.4 Å². The van der Waals surface area contributed by atoms with Gasteiger partial charge in [-0.2, -0.15) is 0 Å². The molecular formula is C14H19NO3. The van der Waals surface area contributed by atoms with Gasteiger partial charge in [0.2, 0.25) is 6.79 Å². The number of fused-ring (bicyclic) bond motifs is 1. The number of hydrogen-bond donors (Lipinski definition) is 1. The second-order valence-corrected chi connectivity index (χ2v) is 5.13. The Morgan fingerprint density at radius 2 is 2.17 bits per heavy atom. The predicted molar refractivity (Wildman–Crippen MR) is 67.6 cm³/mol. The van der Waals surface area contributed by atoms with Crippen molar-refractivity contribution in [3.63, 3.8) is 0 Å². The minimum atomic E-state index is 0.290. The zero-order valence-corrected chi connectivity index (χ0v) is 10.6. The molecule has 1 fully saturated rings. The maximum atomic E-state index is 9.28. The summed E-state index contributed by atoms with van der Waals surface area (Å²) in [6, 6.07) is 6.57. The summed E-state index contributed by atoms with van der Waals surface area (Å²) >= 11 is 0. The predicted octanol–water partition coefficient (Wildman–Crippen LogP) is 1.62. The van der Waals surface area contributed by atoms with E-state index in [1.807, 2.05) is 6.07 Å². The van der Waals surface area contributed by atoms with Gasteiger partial charge in [-0.05, 0) is 43.5 Å². The van der Waals surface area contributed by atoms with E-state index >= 15 is 0 Å². The summed E-state index contributed by atoms with van der Waals surface area (Å²) in [4.78, 5) is 2.42. The Kier molecular flexibility index (Phi) is 3.14. The minimum Gasteiger partial charge on any atom is -0.454 e. The molecule has 4 heteroatoms. The van der Waals surface area contributed by atoms with Crippen molar-refractivity contribution in [1.29, 1.82) is 0 Å². The van der Waals surface area contributed by atoms with E-state index in [0.717, 1.165) is 31.0 Å². The van der Waals surface area contributed by atoms with Crippen LogP contribution in [-0.2, 0) is 6.54 Å². The van der Waals surface area contributed by atoms with E-state index in [1.165, 1.54) is 5.56 Å². The van der Waals surface area contributed by atoms with Gasteiger partial charge in [-0.25, -0.2) is 0 Å². The van der Waals surface area contributed by atoms with Crippen molar-refractivity contribution < 1.29 is 14.6 Å². The van der Waals surface area contributed by atoms with Crippen LogP contribution in [0.5, 0.6) is 11.5 Å². The third kappa shape index (κ3) is 2.06. The number of aliphatic hydroxyl groups is 1. The molecule has 1 aromatic carbocycles. The van der Waals surface area contributed by atoms with Gasteiger partial charge in [0.1, 0.15) is 0 Å². The number of rotatable bonds is 3. The molecule has 2 aliphatic rings. The molecule has 1 saturated heterocycles. The molecule has 3 rings (SSSR count). The molecule has 0 aromatic heterocycles. The van der Waals surface area contributed by atoms with E-state index in [1.54, 1.807) is 0 Å². The molecule has 18 heavy (non-hydrogen) atoms. The lowest BCUT2D eigenvalue weighted by Gasteiger charge is -2.23. The summed E-state index contributed by atoms with van der Waals surface area (Å²) in [6.07, 6.45) is 1.09. The van der Waals surface area contributed by atoms with Crippen LogP contribution in [0.1, 0.15) is 18.9 Å². The molecule has 0 bridgehead atoms. The standard InChI is InChI=1S/C14H19NO3/c1-10-12(8-16)4-5-15(10)7-11-2-3-13-14(6-11)18-9-17-13/h2-3,6,10,12,16H,4-5,7-9H2,1H3. The van der Waals surface area contributed by atoms with Crippen molar-refractivity contribution >= 4 is 0 Å². The Morgan fingerprint density at radius 3 is 2.94 bits per heavy atom. The van der Waals surface area contributed by atoms with Crippen LogP contribution in [0.15, 0.2) is 18.2 Å². The largest absolute Gasteiger partial charge is 0.454 e. The van der Waals surface area contributed by atoms with Crippen LogP contribution in [0.3, 0.4) is 0 Å². The highest BCUT2D eigenvalue weighted by Crippen LogP contribution is 2.33. The normalized spacial score (nSPS) is 26.8. The lowest BCUT2D eigenvalue weighted by molar-refractivity contribution is 0.171. The SMILES string of the molecule is CC1C(CO)CCN1Cc1ccc2c(c1)OCO2. The van der Waals surface area contributed by atoms with Gasteiger partial charge in [0, 0.05) is 19.2 Å². The Hall–Kier alpha value is -1.26. The van der Waals surface area contributed by atoms with Gasteiger partial charge in [-0.15, -0.1) is 0 Å². The fourth-order valence-electron chi connectivity index (χ4n) is 2.82. The summed E-state index contributed by atoms with van der Waals surface area (Å²) in [5.74, 6) is 2.10. The van der Waals surface area contributed by atoms with E-state index in [2.05, 4.69) is 24.0 Å². The third-order valence-corrected chi connectivity index (χ3v) is 4.10. The number of ether oxygens (including phenoxy) is 2. The van der Waals surface area contributed by atoms with Crippen molar-refractivity contribution in [1.82, 2.24) is 4.90 Å². The summed E-state index contributed by atoms with van der Waals surface area (Å²) in [5.41, 5.74) is 1.24. The Bertz CT molecular complexity index is 435. The first-order chi connectivity index (χ1) is 8.78. The summed E-state index contributed by atoms with van der Waals surface area (Å²) in [7, 11) is 0. The minimum absolute atomic E-state index is 0.290. The molecule has 4 nitrogen and oxygen atoms in total. The highest BCUT2D eigenvalue weighted by Gasteiger charge is 2.30. The van der Waals surface area contributed by atoms with E-state index in [-0.39, 0.29) is 0 Å². The highest BCUT2D eigenvalue weighted by molar-refractivity contribution is 5.44. The average molecular weight is 249 g/mol. The molecule has 0 saturated carbocycles. The Morgan fingerprint density at radius 1 is 1.33 bits per heavy atom. The van der Waals surface area contributed by atoms with Crippen molar-refractivity contribution in [2.24, 2.45) is 5.92 Å². The molecule has 2 atom stereocenters. The van der Waals surface area contributed by atoms with Crippen LogP contribution in [0.25, 0.3) is 0 Å². The molecule has 2 aliphatic heterocycles. The zero-order valence-electron chi connectivity index (χ0n) is 10.6. The van der Waals surface area contributed by atoms with Crippen molar-refractivity contribution in [3.8, 4) is 11.5 Å². The molecular weight excluding hydrogens is 230 g/mol. The highest BCUT2D eigenvalue weighted by atomic mass is 16.7. The van der Waals surface area contributed by atoms with Gasteiger partial charge in [0.05, 0.1) is 0 Å². The number of hydrogen-bond acceptors (Lipinski definition) is 4. The molecule has 1 N–H and O–H groups in total. The number of likely N-dealkylation sites (tertiary alicyclic amines) is 1. The van der Waals surface area contributed by atoms with Gasteiger partial charge in [-0.1, -0.05) is 6.07 Å². The first kappa shape index (κ1) is 11.8. The van der Waals surface area contributed by atoms with Crippen LogP contribution in [-0.4, -0.2) is 36.0 Å². The lowest BCUT2D eigenvalue weighted by Crippen LogP contribution is -2.30. The van der Waals surface area contributed by atoms with Crippen LogP contribution >= 0.6 is 0 Å². The molecule has 0 amide bonds. The van der Waals surface area contributed by atoms with E-state index < -0.39 is 0 Å². The van der Waals surface area contributed by atoms with Gasteiger partial charge in [0.15, 0.2) is 11.5 Å². The zero-order chi connectivity index (χ0) is 12.5. The maximum Gasteiger partial charge on any atom is 0.231 e. The number of nitrogens with zero attached hydrogens (tertiary/aromatic N) is 1. The van der Waals surface area contributed by atoms with Crippen molar-refractivity contribution in [2.75, 3.05) is 19.9 Å². The third-order valence-electron chi connectivity index (χ3n) is 4.10. The first-order valence-electron chi connectivity index (χ1n) is 6.51. The van der Waals surface area contributed by atoms with Gasteiger partial charge >= 0.3 is 0 Å². The molecule has 2 unspecified atom stereocenters. The van der Waals surface area contributed by atoms with Gasteiger partial charge in [0.25, 0.3) is 0 Å². The summed E-state index contributed by atoms with van der Waals surface area (Å²) < 4.78 is 10.7. The van der Waals surface area contributed by atoms with Gasteiger partial charge in [-0.3, -0.25) is 4.90 Å². The Labute approximate surface area is 107 Å². The molecule has 2 heterocycles. The number of aliphatic hydroxyl groups excluding tert-OH is 1. The molecule has 0 spiro atoms. The number of benzene rings is 1. The molecule has 0 radical (unpaired) electrons. The second-order valence-electron chi connectivity index (χ2n) is 5.13.